The van der Waals surface area contributed by atoms with Crippen molar-refractivity contribution < 1.29 is 19.1 Å². The first kappa shape index (κ1) is 21.9. The van der Waals surface area contributed by atoms with Crippen molar-refractivity contribution in [2.75, 3.05) is 19.5 Å². The predicted octanol–water partition coefficient (Wildman–Crippen LogP) is 5.12. The van der Waals surface area contributed by atoms with Gasteiger partial charge in [0.05, 0.1) is 26.3 Å². The number of anilines is 1. The maximum atomic E-state index is 13.4. The summed E-state index contributed by atoms with van der Waals surface area (Å²) in [6.07, 6.45) is 0. The zero-order chi connectivity index (χ0) is 22.8. The number of nitrogens with one attached hydrogen (secondary N) is 1. The van der Waals surface area contributed by atoms with Crippen molar-refractivity contribution in [2.24, 2.45) is 0 Å². The highest BCUT2D eigenvalue weighted by atomic mass is 35.5. The molecular formula is C24H21ClN2O4S. The van der Waals surface area contributed by atoms with E-state index in [2.05, 4.69) is 5.32 Å². The number of amides is 2. The number of hydrogen-bond acceptors (Lipinski definition) is 6. The van der Waals surface area contributed by atoms with Gasteiger partial charge in [0.15, 0.2) is 11.5 Å². The summed E-state index contributed by atoms with van der Waals surface area (Å²) >= 11 is 7.56. The number of benzene rings is 2. The lowest BCUT2D eigenvalue weighted by molar-refractivity contribution is -0.137. The van der Waals surface area contributed by atoms with Gasteiger partial charge in [-0.05, 0) is 53.8 Å². The van der Waals surface area contributed by atoms with Crippen molar-refractivity contribution in [3.63, 3.8) is 0 Å². The second kappa shape index (κ2) is 9.06. The van der Waals surface area contributed by atoms with Crippen LogP contribution >= 0.6 is 22.9 Å². The number of imide groups is 1. The van der Waals surface area contributed by atoms with Crippen LogP contribution in [0.3, 0.4) is 0 Å². The predicted molar refractivity (Wildman–Crippen MR) is 126 cm³/mol. The molecule has 0 aliphatic carbocycles. The van der Waals surface area contributed by atoms with E-state index in [1.807, 2.05) is 30.5 Å². The van der Waals surface area contributed by atoms with E-state index in [0.29, 0.717) is 27.8 Å². The van der Waals surface area contributed by atoms with Gasteiger partial charge in [-0.25, -0.2) is 0 Å². The van der Waals surface area contributed by atoms with Gasteiger partial charge in [0, 0.05) is 15.6 Å². The molecule has 0 saturated heterocycles. The van der Waals surface area contributed by atoms with Gasteiger partial charge in [0.2, 0.25) is 0 Å². The second-order valence-electron chi connectivity index (χ2n) is 7.20. The zero-order valence-corrected chi connectivity index (χ0v) is 19.3. The van der Waals surface area contributed by atoms with Crippen molar-refractivity contribution in [1.29, 1.82) is 0 Å². The van der Waals surface area contributed by atoms with Crippen molar-refractivity contribution in [3.8, 4) is 11.5 Å². The highest BCUT2D eigenvalue weighted by Crippen LogP contribution is 2.35. The second-order valence-corrected chi connectivity index (χ2v) is 8.58. The minimum atomic E-state index is -0.396. The number of thiophene rings is 1. The van der Waals surface area contributed by atoms with Crippen LogP contribution < -0.4 is 14.8 Å². The molecule has 32 heavy (non-hydrogen) atoms. The third-order valence-electron chi connectivity index (χ3n) is 5.18. The van der Waals surface area contributed by atoms with Gasteiger partial charge in [-0.15, -0.1) is 11.3 Å². The molecule has 2 amide bonds. The average Bonchev–Trinajstić information content (AvgIpc) is 3.39. The summed E-state index contributed by atoms with van der Waals surface area (Å²) in [5.74, 6) is 0.358. The first-order chi connectivity index (χ1) is 15.4. The molecule has 8 heteroatoms. The molecular weight excluding hydrogens is 448 g/mol. The molecule has 2 heterocycles. The molecule has 3 aromatic rings. The van der Waals surface area contributed by atoms with Crippen LogP contribution in [-0.2, 0) is 16.1 Å². The van der Waals surface area contributed by atoms with Gasteiger partial charge in [-0.3, -0.25) is 14.5 Å². The molecule has 4 rings (SSSR count). The fourth-order valence-electron chi connectivity index (χ4n) is 3.51. The highest BCUT2D eigenvalue weighted by molar-refractivity contribution is 7.11. The third kappa shape index (κ3) is 4.09. The van der Waals surface area contributed by atoms with Gasteiger partial charge in [-0.2, -0.15) is 0 Å². The van der Waals surface area contributed by atoms with E-state index in [0.717, 1.165) is 16.0 Å². The minimum absolute atomic E-state index is 0.104. The molecule has 0 unspecified atom stereocenters. The molecule has 6 nitrogen and oxygen atoms in total. The fourth-order valence-corrected chi connectivity index (χ4v) is 4.45. The number of halogens is 1. The number of ether oxygens (including phenoxy) is 2. The van der Waals surface area contributed by atoms with Crippen LogP contribution in [0.1, 0.15) is 16.0 Å². The van der Waals surface area contributed by atoms with Gasteiger partial charge >= 0.3 is 0 Å². The molecule has 1 aliphatic heterocycles. The largest absolute Gasteiger partial charge is 0.493 e. The van der Waals surface area contributed by atoms with E-state index in [1.165, 1.54) is 16.2 Å². The van der Waals surface area contributed by atoms with Gasteiger partial charge in [0.1, 0.15) is 5.70 Å². The highest BCUT2D eigenvalue weighted by Gasteiger charge is 2.39. The van der Waals surface area contributed by atoms with Crippen LogP contribution in [-0.4, -0.2) is 30.9 Å². The lowest BCUT2D eigenvalue weighted by Gasteiger charge is -2.17. The average molecular weight is 469 g/mol. The topological polar surface area (TPSA) is 67.9 Å². The first-order valence-corrected chi connectivity index (χ1v) is 11.1. The number of hydrogen-bond donors (Lipinski definition) is 1. The molecule has 0 fully saturated rings. The Morgan fingerprint density at radius 3 is 2.47 bits per heavy atom. The van der Waals surface area contributed by atoms with Crippen LogP contribution in [0.4, 0.5) is 5.69 Å². The van der Waals surface area contributed by atoms with E-state index >= 15 is 0 Å². The van der Waals surface area contributed by atoms with Crippen LogP contribution in [0, 0.1) is 6.92 Å². The standard InChI is InChI=1S/C24H21ClN2O4S/c1-14-6-8-16(25)12-17(14)26-22-21(20-5-4-10-32-20)23(28)27(24(22)29)13-15-7-9-18(30-2)19(11-15)31-3/h4-12,26H,13H2,1-3H3. The Morgan fingerprint density at radius 1 is 1.00 bits per heavy atom. The molecule has 2 aromatic carbocycles. The summed E-state index contributed by atoms with van der Waals surface area (Å²) in [5, 5.41) is 5.58. The van der Waals surface area contributed by atoms with Crippen molar-refractivity contribution in [3.05, 3.63) is 80.6 Å². The summed E-state index contributed by atoms with van der Waals surface area (Å²) in [4.78, 5) is 28.7. The van der Waals surface area contributed by atoms with Crippen LogP contribution in [0.2, 0.25) is 5.02 Å². The Kier molecular flexibility index (Phi) is 6.21. The number of methoxy groups -OCH3 is 2. The molecule has 164 valence electrons. The normalized spacial score (nSPS) is 13.7. The first-order valence-electron chi connectivity index (χ1n) is 9.81. The minimum Gasteiger partial charge on any atom is -0.493 e. The van der Waals surface area contributed by atoms with Gasteiger partial charge < -0.3 is 14.8 Å². The quantitative estimate of drug-likeness (QED) is 0.487. The monoisotopic (exact) mass is 468 g/mol. The molecule has 0 bridgehead atoms. The maximum Gasteiger partial charge on any atom is 0.278 e. The molecule has 0 atom stereocenters. The van der Waals surface area contributed by atoms with E-state index in [-0.39, 0.29) is 18.1 Å². The van der Waals surface area contributed by atoms with Crippen LogP contribution in [0.25, 0.3) is 5.57 Å². The van der Waals surface area contributed by atoms with Gasteiger partial charge in [0.25, 0.3) is 11.8 Å². The molecule has 1 aliphatic rings. The maximum absolute atomic E-state index is 13.4. The lowest BCUT2D eigenvalue weighted by Crippen LogP contribution is -2.32. The zero-order valence-electron chi connectivity index (χ0n) is 17.8. The number of aryl methyl sites for hydroxylation is 1. The lowest BCUT2D eigenvalue weighted by atomic mass is 10.1. The summed E-state index contributed by atoms with van der Waals surface area (Å²) in [6, 6.07) is 14.4. The summed E-state index contributed by atoms with van der Waals surface area (Å²) in [5.41, 5.74) is 2.92. The number of nitrogens with zero attached hydrogens (tertiary/aromatic N) is 1. The molecule has 0 saturated carbocycles. The molecule has 0 radical (unpaired) electrons. The number of rotatable bonds is 7. The van der Waals surface area contributed by atoms with E-state index < -0.39 is 5.91 Å². The third-order valence-corrected chi connectivity index (χ3v) is 6.31. The van der Waals surface area contributed by atoms with E-state index in [9.17, 15) is 9.59 Å². The Balaban J connectivity index is 1.70. The Hall–Kier alpha value is -3.29. The number of carbonyl (C=O) groups is 2. The van der Waals surface area contributed by atoms with Crippen molar-refractivity contribution in [1.82, 2.24) is 4.90 Å². The van der Waals surface area contributed by atoms with Crippen molar-refractivity contribution in [2.45, 2.75) is 13.5 Å². The van der Waals surface area contributed by atoms with Crippen LogP contribution in [0.5, 0.6) is 11.5 Å². The Morgan fingerprint density at radius 2 is 1.78 bits per heavy atom. The van der Waals surface area contributed by atoms with Crippen molar-refractivity contribution >= 4 is 46.0 Å². The van der Waals surface area contributed by atoms with Gasteiger partial charge in [-0.1, -0.05) is 29.8 Å². The Labute approximate surface area is 195 Å². The van der Waals surface area contributed by atoms with E-state index in [4.69, 9.17) is 21.1 Å². The SMILES string of the molecule is COc1ccc(CN2C(=O)C(Nc3cc(Cl)ccc3C)=C(c3cccs3)C2=O)cc1OC. The fraction of sp³-hybridized carbons (Fsp3) is 0.167. The smallest absolute Gasteiger partial charge is 0.278 e. The summed E-state index contributed by atoms with van der Waals surface area (Å²) in [6.45, 7) is 2.01. The number of carbonyl (C=O) groups excluding carboxylic acids is 2. The summed E-state index contributed by atoms with van der Waals surface area (Å²) in [7, 11) is 3.09. The molecule has 0 spiro atoms. The summed E-state index contributed by atoms with van der Waals surface area (Å²) < 4.78 is 10.6. The van der Waals surface area contributed by atoms with E-state index in [1.54, 1.807) is 44.6 Å². The molecule has 1 N–H and O–H groups in total. The van der Waals surface area contributed by atoms with Crippen LogP contribution in [0.15, 0.2) is 59.6 Å². The Bertz CT molecular complexity index is 1220. The molecule has 1 aromatic heterocycles.